The van der Waals surface area contributed by atoms with Gasteiger partial charge >= 0.3 is 0 Å². The van der Waals surface area contributed by atoms with Crippen LogP contribution in [0.25, 0.3) is 0 Å². The first-order chi connectivity index (χ1) is 6.59. The molecule has 0 spiro atoms. The first-order valence-corrected chi connectivity index (χ1v) is 5.47. The van der Waals surface area contributed by atoms with E-state index in [0.717, 1.165) is 15.8 Å². The van der Waals surface area contributed by atoms with Crippen LogP contribution >= 0.6 is 28.1 Å². The predicted octanol–water partition coefficient (Wildman–Crippen LogP) is 2.81. The average Bonchev–Trinajstić information content (AvgIpc) is 2.10. The second-order valence-corrected chi connectivity index (χ2v) is 4.35. The van der Waals surface area contributed by atoms with E-state index in [4.69, 9.17) is 22.7 Å². The molecule has 0 heterocycles. The molecule has 1 aromatic carbocycles. The third kappa shape index (κ3) is 3.64. The molecule has 76 valence electrons. The molecule has 2 N–H and O–H groups in total. The molecule has 2 nitrogen and oxygen atoms in total. The summed E-state index contributed by atoms with van der Waals surface area (Å²) in [5.74, 6) is 0.849. The van der Waals surface area contributed by atoms with Crippen LogP contribution in [-0.2, 0) is 0 Å². The number of halogens is 1. The fourth-order valence-electron chi connectivity index (χ4n) is 0.976. The first-order valence-electron chi connectivity index (χ1n) is 4.27. The molecule has 4 heteroatoms. The van der Waals surface area contributed by atoms with Crippen LogP contribution in [0.1, 0.15) is 12.0 Å². The Morgan fingerprint density at radius 2 is 2.29 bits per heavy atom. The SMILES string of the molecule is Cc1cc(OCCC(N)=S)ccc1Br. The highest BCUT2D eigenvalue weighted by Crippen LogP contribution is 2.21. The van der Waals surface area contributed by atoms with E-state index in [2.05, 4.69) is 15.9 Å². The van der Waals surface area contributed by atoms with Crippen molar-refractivity contribution in [3.05, 3.63) is 28.2 Å². The van der Waals surface area contributed by atoms with E-state index in [0.29, 0.717) is 18.0 Å². The van der Waals surface area contributed by atoms with E-state index in [1.54, 1.807) is 0 Å². The summed E-state index contributed by atoms with van der Waals surface area (Å²) in [6.07, 6.45) is 0.616. The number of hydrogen-bond donors (Lipinski definition) is 1. The molecule has 1 rings (SSSR count). The van der Waals surface area contributed by atoms with Gasteiger partial charge in [0, 0.05) is 10.9 Å². The van der Waals surface area contributed by atoms with Crippen molar-refractivity contribution in [3.8, 4) is 5.75 Å². The van der Waals surface area contributed by atoms with Crippen molar-refractivity contribution < 1.29 is 4.74 Å². The van der Waals surface area contributed by atoms with Crippen molar-refractivity contribution >= 4 is 33.1 Å². The Labute approximate surface area is 97.6 Å². The number of aryl methyl sites for hydroxylation is 1. The molecule has 0 fully saturated rings. The zero-order chi connectivity index (χ0) is 10.6. The fraction of sp³-hybridized carbons (Fsp3) is 0.300. The maximum atomic E-state index is 5.46. The molecule has 1 aromatic rings. The summed E-state index contributed by atoms with van der Waals surface area (Å²) in [7, 11) is 0. The number of hydrogen-bond acceptors (Lipinski definition) is 2. The number of thiocarbonyl (C=S) groups is 1. The largest absolute Gasteiger partial charge is 0.493 e. The van der Waals surface area contributed by atoms with Gasteiger partial charge in [0.2, 0.25) is 0 Å². The maximum absolute atomic E-state index is 5.46. The number of nitrogens with two attached hydrogens (primary N) is 1. The Morgan fingerprint density at radius 3 is 2.86 bits per heavy atom. The zero-order valence-electron chi connectivity index (χ0n) is 7.92. The van der Waals surface area contributed by atoms with Gasteiger partial charge in [-0.1, -0.05) is 28.1 Å². The van der Waals surface area contributed by atoms with Crippen LogP contribution in [0.2, 0.25) is 0 Å². The van der Waals surface area contributed by atoms with E-state index >= 15 is 0 Å². The summed E-state index contributed by atoms with van der Waals surface area (Å²) in [5, 5.41) is 0. The number of benzene rings is 1. The van der Waals surface area contributed by atoms with E-state index in [-0.39, 0.29) is 0 Å². The molecule has 0 aliphatic carbocycles. The van der Waals surface area contributed by atoms with Crippen molar-refractivity contribution in [2.24, 2.45) is 5.73 Å². The monoisotopic (exact) mass is 273 g/mol. The van der Waals surface area contributed by atoms with Gasteiger partial charge in [-0.25, -0.2) is 0 Å². The zero-order valence-corrected chi connectivity index (χ0v) is 10.3. The Bertz CT molecular complexity index is 341. The smallest absolute Gasteiger partial charge is 0.119 e. The minimum Gasteiger partial charge on any atom is -0.493 e. The normalized spacial score (nSPS) is 9.86. The van der Waals surface area contributed by atoms with Gasteiger partial charge in [-0.05, 0) is 30.7 Å². The quantitative estimate of drug-likeness (QED) is 0.857. The highest BCUT2D eigenvalue weighted by atomic mass is 79.9. The van der Waals surface area contributed by atoms with E-state index in [1.807, 2.05) is 25.1 Å². The van der Waals surface area contributed by atoms with Crippen molar-refractivity contribution in [1.29, 1.82) is 0 Å². The third-order valence-electron chi connectivity index (χ3n) is 1.75. The van der Waals surface area contributed by atoms with Crippen LogP contribution < -0.4 is 10.5 Å². The van der Waals surface area contributed by atoms with Gasteiger partial charge in [0.1, 0.15) is 5.75 Å². The summed E-state index contributed by atoms with van der Waals surface area (Å²) in [4.78, 5) is 0.485. The summed E-state index contributed by atoms with van der Waals surface area (Å²) in [6, 6.07) is 5.85. The van der Waals surface area contributed by atoms with Crippen molar-refractivity contribution in [2.45, 2.75) is 13.3 Å². The topological polar surface area (TPSA) is 35.2 Å². The predicted molar refractivity (Wildman–Crippen MR) is 65.8 cm³/mol. The van der Waals surface area contributed by atoms with Crippen molar-refractivity contribution in [3.63, 3.8) is 0 Å². The maximum Gasteiger partial charge on any atom is 0.119 e. The summed E-state index contributed by atoms with van der Waals surface area (Å²) in [6.45, 7) is 2.56. The molecule has 0 unspecified atom stereocenters. The van der Waals surface area contributed by atoms with Gasteiger partial charge < -0.3 is 10.5 Å². The fourth-order valence-corrected chi connectivity index (χ4v) is 1.31. The highest BCUT2D eigenvalue weighted by Gasteiger charge is 1.98. The first kappa shape index (κ1) is 11.5. The molecular formula is C10H12BrNOS. The molecular weight excluding hydrogens is 262 g/mol. The van der Waals surface area contributed by atoms with Crippen LogP contribution in [0.15, 0.2) is 22.7 Å². The molecule has 14 heavy (non-hydrogen) atoms. The summed E-state index contributed by atoms with van der Waals surface area (Å²) in [5.41, 5.74) is 6.51. The minimum absolute atomic E-state index is 0.485. The molecule has 0 aromatic heterocycles. The Balaban J connectivity index is 2.51. The summed E-state index contributed by atoms with van der Waals surface area (Å²) >= 11 is 8.17. The van der Waals surface area contributed by atoms with Gasteiger partial charge in [-0.15, -0.1) is 0 Å². The van der Waals surface area contributed by atoms with Crippen molar-refractivity contribution in [1.82, 2.24) is 0 Å². The van der Waals surface area contributed by atoms with Crippen LogP contribution in [0.3, 0.4) is 0 Å². The van der Waals surface area contributed by atoms with Crippen LogP contribution in [-0.4, -0.2) is 11.6 Å². The molecule has 0 atom stereocenters. The van der Waals surface area contributed by atoms with Crippen LogP contribution in [0, 0.1) is 6.92 Å². The molecule has 0 saturated carbocycles. The lowest BCUT2D eigenvalue weighted by Gasteiger charge is -2.06. The Morgan fingerprint density at radius 1 is 1.57 bits per heavy atom. The van der Waals surface area contributed by atoms with Gasteiger partial charge in [0.15, 0.2) is 0 Å². The van der Waals surface area contributed by atoms with E-state index in [9.17, 15) is 0 Å². The molecule has 0 radical (unpaired) electrons. The number of rotatable bonds is 4. The van der Waals surface area contributed by atoms with Crippen LogP contribution in [0.4, 0.5) is 0 Å². The Kier molecular flexibility index (Phi) is 4.35. The second kappa shape index (κ2) is 5.32. The van der Waals surface area contributed by atoms with Gasteiger partial charge in [-0.2, -0.15) is 0 Å². The molecule has 0 bridgehead atoms. The van der Waals surface area contributed by atoms with Crippen LogP contribution in [0.5, 0.6) is 5.75 Å². The van der Waals surface area contributed by atoms with Gasteiger partial charge in [-0.3, -0.25) is 0 Å². The lowest BCUT2D eigenvalue weighted by molar-refractivity contribution is 0.329. The van der Waals surface area contributed by atoms with E-state index < -0.39 is 0 Å². The third-order valence-corrected chi connectivity index (χ3v) is 2.84. The van der Waals surface area contributed by atoms with E-state index in [1.165, 1.54) is 0 Å². The van der Waals surface area contributed by atoms with Gasteiger partial charge in [0.05, 0.1) is 11.6 Å². The Hall–Kier alpha value is -0.610. The molecule has 0 aliphatic rings. The lowest BCUT2D eigenvalue weighted by atomic mass is 10.2. The highest BCUT2D eigenvalue weighted by molar-refractivity contribution is 9.10. The lowest BCUT2D eigenvalue weighted by Crippen LogP contribution is -2.12. The summed E-state index contributed by atoms with van der Waals surface area (Å²) < 4.78 is 6.55. The molecule has 0 amide bonds. The standard InChI is InChI=1S/C10H12BrNOS/c1-7-6-8(2-3-9(7)11)13-5-4-10(12)14/h2-3,6H,4-5H2,1H3,(H2,12,14). The second-order valence-electron chi connectivity index (χ2n) is 2.98. The minimum atomic E-state index is 0.485. The van der Waals surface area contributed by atoms with Crippen molar-refractivity contribution in [2.75, 3.05) is 6.61 Å². The molecule has 0 aliphatic heterocycles. The number of ether oxygens (including phenoxy) is 1. The average molecular weight is 274 g/mol. The molecule has 0 saturated heterocycles. The van der Waals surface area contributed by atoms with Gasteiger partial charge in [0.25, 0.3) is 0 Å².